The molecular formula is C26H34N6O5. The number of hydrogen-bond acceptors (Lipinski definition) is 10. The molecule has 3 aliphatic heterocycles. The van der Waals surface area contributed by atoms with Gasteiger partial charge < -0.3 is 19.3 Å². The zero-order valence-corrected chi connectivity index (χ0v) is 21.5. The molecule has 1 aromatic rings. The summed E-state index contributed by atoms with van der Waals surface area (Å²) in [5, 5.41) is 13.6. The maximum absolute atomic E-state index is 13.1. The average Bonchev–Trinajstić information content (AvgIpc) is 3.38. The van der Waals surface area contributed by atoms with Gasteiger partial charge in [0.15, 0.2) is 0 Å². The molecule has 5 rings (SSSR count). The standard InChI is InChI=1S/C26H34N6O5/c1-17-19(5-4-8-27-17)24(34)29-25-30-26(2)20(23-28-9-10-32(23)25)6-7-21(22(26)35-3)37-16-18(33)15-31-11-13-36-14-12-31/h4-8,18,22,33H,9-16H2,1-3H3,(H,29,30,34)/t18-,22?,26?/m1/s1. The van der Waals surface area contributed by atoms with E-state index in [4.69, 9.17) is 24.2 Å². The molecule has 4 heterocycles. The molecule has 1 aliphatic carbocycles. The van der Waals surface area contributed by atoms with Gasteiger partial charge in [-0.1, -0.05) is 0 Å². The number of ether oxygens (including phenoxy) is 3. The first kappa shape index (κ1) is 25.5. The van der Waals surface area contributed by atoms with Crippen LogP contribution in [-0.4, -0.2) is 115 Å². The molecule has 2 unspecified atom stereocenters. The first-order valence-electron chi connectivity index (χ1n) is 12.6. The number of morpholine rings is 1. The highest BCUT2D eigenvalue weighted by Gasteiger charge is 2.50. The molecule has 0 radical (unpaired) electrons. The number of aryl methyl sites for hydroxylation is 1. The average molecular weight is 511 g/mol. The van der Waals surface area contributed by atoms with Crippen LogP contribution >= 0.6 is 0 Å². The molecule has 4 aliphatic rings. The lowest BCUT2D eigenvalue weighted by Gasteiger charge is -2.44. The van der Waals surface area contributed by atoms with Gasteiger partial charge in [-0.2, -0.15) is 0 Å². The number of methoxy groups -OCH3 is 1. The third kappa shape index (κ3) is 5.04. The quantitative estimate of drug-likeness (QED) is 0.545. The normalized spacial score (nSPS) is 26.3. The van der Waals surface area contributed by atoms with Crippen molar-refractivity contribution in [1.29, 1.82) is 0 Å². The molecule has 0 saturated carbocycles. The number of nitrogens with one attached hydrogen (secondary N) is 1. The van der Waals surface area contributed by atoms with Gasteiger partial charge in [0, 0.05) is 50.8 Å². The minimum absolute atomic E-state index is 0.128. The van der Waals surface area contributed by atoms with E-state index in [-0.39, 0.29) is 12.5 Å². The predicted octanol–water partition coefficient (Wildman–Crippen LogP) is 0.511. The van der Waals surface area contributed by atoms with Gasteiger partial charge in [0.1, 0.15) is 35.9 Å². The molecule has 1 saturated heterocycles. The van der Waals surface area contributed by atoms with E-state index in [1.54, 1.807) is 32.4 Å². The van der Waals surface area contributed by atoms with E-state index in [9.17, 15) is 9.90 Å². The summed E-state index contributed by atoms with van der Waals surface area (Å²) < 4.78 is 17.4. The van der Waals surface area contributed by atoms with Crippen LogP contribution in [0.3, 0.4) is 0 Å². The third-order valence-electron chi connectivity index (χ3n) is 7.13. The lowest BCUT2D eigenvalue weighted by Crippen LogP contribution is -2.58. The van der Waals surface area contributed by atoms with Gasteiger partial charge in [0.25, 0.3) is 5.91 Å². The van der Waals surface area contributed by atoms with Crippen molar-refractivity contribution >= 4 is 17.7 Å². The molecule has 3 atom stereocenters. The zero-order valence-electron chi connectivity index (χ0n) is 21.5. The largest absolute Gasteiger partial charge is 0.492 e. The number of carbonyl (C=O) groups excluding carboxylic acids is 1. The van der Waals surface area contributed by atoms with Crippen molar-refractivity contribution in [2.24, 2.45) is 9.98 Å². The molecule has 1 aromatic heterocycles. The first-order valence-corrected chi connectivity index (χ1v) is 12.6. The number of pyridine rings is 1. The lowest BCUT2D eigenvalue weighted by atomic mass is 9.79. The number of β-amino-alcohol motifs (C(OH)–C–C–N with tert-alkyl or cyclic N) is 1. The van der Waals surface area contributed by atoms with E-state index in [0.717, 1.165) is 24.5 Å². The number of nitrogens with zero attached hydrogens (tertiary/aromatic N) is 5. The molecule has 37 heavy (non-hydrogen) atoms. The molecule has 0 spiro atoms. The minimum Gasteiger partial charge on any atom is -0.492 e. The maximum Gasteiger partial charge on any atom is 0.259 e. The number of aliphatic hydroxyl groups excluding tert-OH is 1. The number of hydrogen-bond donors (Lipinski definition) is 2. The van der Waals surface area contributed by atoms with Gasteiger partial charge in [-0.25, -0.2) is 4.99 Å². The van der Waals surface area contributed by atoms with Gasteiger partial charge in [0.05, 0.1) is 25.3 Å². The summed E-state index contributed by atoms with van der Waals surface area (Å²) in [6.07, 6.45) is 4.25. The fourth-order valence-corrected chi connectivity index (χ4v) is 5.21. The van der Waals surface area contributed by atoms with Crippen LogP contribution < -0.4 is 5.32 Å². The molecule has 1 amide bonds. The van der Waals surface area contributed by atoms with Crippen LogP contribution in [-0.2, 0) is 14.2 Å². The summed E-state index contributed by atoms with van der Waals surface area (Å²) in [6.45, 7) is 8.55. The zero-order chi connectivity index (χ0) is 26.0. The lowest BCUT2D eigenvalue weighted by molar-refractivity contribution is -0.0213. The number of guanidine groups is 1. The highest BCUT2D eigenvalue weighted by atomic mass is 16.5. The highest BCUT2D eigenvalue weighted by molar-refractivity contribution is 6.18. The summed E-state index contributed by atoms with van der Waals surface area (Å²) >= 11 is 0. The van der Waals surface area contributed by atoms with Crippen molar-refractivity contribution < 1.29 is 24.1 Å². The second-order valence-corrected chi connectivity index (χ2v) is 9.67. The van der Waals surface area contributed by atoms with E-state index in [1.165, 1.54) is 0 Å². The molecule has 0 aromatic carbocycles. The number of fused-ring (bicyclic) bond motifs is 3. The van der Waals surface area contributed by atoms with Crippen LogP contribution in [0.4, 0.5) is 0 Å². The summed E-state index contributed by atoms with van der Waals surface area (Å²) in [5.74, 6) is 1.47. The van der Waals surface area contributed by atoms with Crippen molar-refractivity contribution in [3.05, 3.63) is 53.1 Å². The minimum atomic E-state index is -0.889. The van der Waals surface area contributed by atoms with Gasteiger partial charge in [-0.15, -0.1) is 0 Å². The van der Waals surface area contributed by atoms with E-state index >= 15 is 0 Å². The Labute approximate surface area is 216 Å². The third-order valence-corrected chi connectivity index (χ3v) is 7.13. The summed E-state index contributed by atoms with van der Waals surface area (Å²) in [5.41, 5.74) is 1.13. The van der Waals surface area contributed by atoms with Crippen LogP contribution in [0, 0.1) is 6.92 Å². The van der Waals surface area contributed by atoms with E-state index < -0.39 is 17.7 Å². The second kappa shape index (κ2) is 10.7. The van der Waals surface area contributed by atoms with Gasteiger partial charge in [-0.05, 0) is 38.1 Å². The Hall–Kier alpha value is -3.12. The van der Waals surface area contributed by atoms with Gasteiger partial charge in [0.2, 0.25) is 5.96 Å². The molecule has 0 bridgehead atoms. The molecule has 2 N–H and O–H groups in total. The van der Waals surface area contributed by atoms with Crippen molar-refractivity contribution in [2.75, 3.05) is 59.7 Å². The van der Waals surface area contributed by atoms with Crippen LogP contribution in [0.25, 0.3) is 0 Å². The van der Waals surface area contributed by atoms with Crippen LogP contribution in [0.15, 0.2) is 51.8 Å². The Morgan fingerprint density at radius 3 is 2.89 bits per heavy atom. The first-order chi connectivity index (χ1) is 17.9. The molecule has 198 valence electrons. The fraction of sp³-hybridized carbons (Fsp3) is 0.538. The number of carbonyl (C=O) groups is 1. The molecule has 11 heteroatoms. The number of amides is 1. The van der Waals surface area contributed by atoms with Crippen molar-refractivity contribution in [3.8, 4) is 0 Å². The number of rotatable bonds is 7. The monoisotopic (exact) mass is 510 g/mol. The number of aromatic nitrogens is 1. The van der Waals surface area contributed by atoms with Crippen molar-refractivity contribution in [3.63, 3.8) is 0 Å². The van der Waals surface area contributed by atoms with Crippen molar-refractivity contribution in [1.82, 2.24) is 20.1 Å². The summed E-state index contributed by atoms with van der Waals surface area (Å²) in [6, 6.07) is 3.47. The molecule has 11 nitrogen and oxygen atoms in total. The fourth-order valence-electron chi connectivity index (χ4n) is 5.21. The number of aliphatic imine (C=N–C) groups is 2. The molecule has 1 fully saturated rings. The summed E-state index contributed by atoms with van der Waals surface area (Å²) in [4.78, 5) is 31.2. The van der Waals surface area contributed by atoms with Crippen molar-refractivity contribution in [2.45, 2.75) is 31.6 Å². The van der Waals surface area contributed by atoms with Crippen LogP contribution in [0.1, 0.15) is 23.0 Å². The number of allylic oxidation sites excluding steroid dienone is 2. The second-order valence-electron chi connectivity index (χ2n) is 9.67. The smallest absolute Gasteiger partial charge is 0.259 e. The Kier molecular flexibility index (Phi) is 7.38. The predicted molar refractivity (Wildman–Crippen MR) is 137 cm³/mol. The van der Waals surface area contributed by atoms with Crippen LogP contribution in [0.5, 0.6) is 0 Å². The Balaban J connectivity index is 1.36. The number of amidine groups is 1. The molecular weight excluding hydrogens is 476 g/mol. The topological polar surface area (TPSA) is 121 Å². The van der Waals surface area contributed by atoms with E-state index in [2.05, 4.69) is 15.2 Å². The Morgan fingerprint density at radius 1 is 1.32 bits per heavy atom. The van der Waals surface area contributed by atoms with Crippen LogP contribution in [0.2, 0.25) is 0 Å². The maximum atomic E-state index is 13.1. The van der Waals surface area contributed by atoms with Gasteiger partial charge in [-0.3, -0.25) is 29.9 Å². The number of aliphatic hydroxyl groups is 1. The van der Waals surface area contributed by atoms with Gasteiger partial charge >= 0.3 is 0 Å². The van der Waals surface area contributed by atoms with E-state index in [1.807, 2.05) is 24.0 Å². The SMILES string of the molecule is COC1C(OC[C@H](O)CN2CCOCC2)=CC=C2C3=NCCN3C(NC(=O)c3cccnc3C)=NC21C. The Morgan fingerprint density at radius 2 is 2.14 bits per heavy atom. The summed E-state index contributed by atoms with van der Waals surface area (Å²) in [7, 11) is 1.61. The Bertz CT molecular complexity index is 1160. The highest BCUT2D eigenvalue weighted by Crippen LogP contribution is 2.40. The van der Waals surface area contributed by atoms with E-state index in [0.29, 0.717) is 55.8 Å².